The van der Waals surface area contributed by atoms with Gasteiger partial charge in [-0.25, -0.2) is 0 Å². The summed E-state index contributed by atoms with van der Waals surface area (Å²) in [7, 11) is 1.67. The predicted molar refractivity (Wildman–Crippen MR) is 139 cm³/mol. The zero-order chi connectivity index (χ0) is 23.4. The molecule has 0 amide bonds. The van der Waals surface area contributed by atoms with Crippen LogP contribution < -0.4 is 15.6 Å². The maximum Gasteiger partial charge on any atom is 0.253 e. The molecule has 0 atom stereocenters. The fraction of sp³-hybridized carbons (Fsp3) is 0.407. The summed E-state index contributed by atoms with van der Waals surface area (Å²) in [6.07, 6.45) is 6.06. The Labute approximate surface area is 201 Å². The Morgan fingerprint density at radius 2 is 1.82 bits per heavy atom. The minimum Gasteiger partial charge on any atom is -0.497 e. The zero-order valence-corrected chi connectivity index (χ0v) is 20.6. The maximum absolute atomic E-state index is 13.0. The largest absolute Gasteiger partial charge is 0.497 e. The fourth-order valence-electron chi connectivity index (χ4n) is 4.70. The van der Waals surface area contributed by atoms with Crippen LogP contribution in [-0.4, -0.2) is 28.1 Å². The zero-order valence-electron chi connectivity index (χ0n) is 19.7. The van der Waals surface area contributed by atoms with Gasteiger partial charge in [0.05, 0.1) is 13.7 Å². The van der Waals surface area contributed by atoms with E-state index in [0.29, 0.717) is 24.2 Å². The molecule has 1 aliphatic rings. The molecule has 0 bridgehead atoms. The van der Waals surface area contributed by atoms with Gasteiger partial charge in [-0.05, 0) is 79.9 Å². The van der Waals surface area contributed by atoms with E-state index in [1.165, 1.54) is 19.3 Å². The van der Waals surface area contributed by atoms with Gasteiger partial charge in [-0.3, -0.25) is 4.79 Å². The summed E-state index contributed by atoms with van der Waals surface area (Å²) in [4.78, 5) is 18.2. The van der Waals surface area contributed by atoms with Crippen LogP contribution in [0.5, 0.6) is 5.75 Å². The molecule has 1 heterocycles. The first kappa shape index (κ1) is 23.3. The lowest BCUT2D eigenvalue weighted by molar-refractivity contribution is 0.362. The summed E-state index contributed by atoms with van der Waals surface area (Å²) in [5.74, 6) is 0.824. The Bertz CT molecular complexity index is 1180. The molecule has 1 fully saturated rings. The van der Waals surface area contributed by atoms with E-state index in [-0.39, 0.29) is 5.56 Å². The smallest absolute Gasteiger partial charge is 0.253 e. The van der Waals surface area contributed by atoms with Gasteiger partial charge in [0.1, 0.15) is 5.75 Å². The van der Waals surface area contributed by atoms with E-state index in [4.69, 9.17) is 17.0 Å². The molecule has 2 aromatic carbocycles. The molecule has 1 aromatic heterocycles. The third kappa shape index (κ3) is 5.74. The van der Waals surface area contributed by atoms with Crippen molar-refractivity contribution >= 4 is 28.2 Å². The Morgan fingerprint density at radius 1 is 1.09 bits per heavy atom. The van der Waals surface area contributed by atoms with Crippen molar-refractivity contribution in [2.75, 3.05) is 7.11 Å². The highest BCUT2D eigenvalue weighted by atomic mass is 32.1. The van der Waals surface area contributed by atoms with Gasteiger partial charge in [-0.2, -0.15) is 0 Å². The molecule has 1 saturated carbocycles. The first-order valence-corrected chi connectivity index (χ1v) is 12.2. The van der Waals surface area contributed by atoms with Gasteiger partial charge in [-0.1, -0.05) is 37.5 Å². The fourth-order valence-corrected chi connectivity index (χ4v) is 5.00. The number of rotatable bonds is 6. The molecule has 1 aliphatic carbocycles. The number of hydrogen-bond donors (Lipinski definition) is 2. The van der Waals surface area contributed by atoms with Crippen LogP contribution in [0.15, 0.2) is 47.3 Å². The maximum atomic E-state index is 13.0. The van der Waals surface area contributed by atoms with Crippen molar-refractivity contribution in [3.8, 4) is 5.75 Å². The van der Waals surface area contributed by atoms with Gasteiger partial charge < -0.3 is 19.9 Å². The molecule has 2 N–H and O–H groups in total. The van der Waals surface area contributed by atoms with Crippen molar-refractivity contribution in [1.29, 1.82) is 0 Å². The van der Waals surface area contributed by atoms with Crippen molar-refractivity contribution in [1.82, 2.24) is 15.2 Å². The topological polar surface area (TPSA) is 57.4 Å². The van der Waals surface area contributed by atoms with Crippen molar-refractivity contribution < 1.29 is 4.74 Å². The first-order chi connectivity index (χ1) is 15.9. The van der Waals surface area contributed by atoms with E-state index in [2.05, 4.69) is 28.2 Å². The first-order valence-electron chi connectivity index (χ1n) is 11.7. The van der Waals surface area contributed by atoms with Gasteiger partial charge in [0.15, 0.2) is 5.11 Å². The van der Waals surface area contributed by atoms with E-state index in [0.717, 1.165) is 51.7 Å². The molecule has 0 spiro atoms. The second-order valence-corrected chi connectivity index (χ2v) is 9.54. The number of aromatic amines is 1. The molecule has 0 radical (unpaired) electrons. The number of hydrogen-bond acceptors (Lipinski definition) is 3. The number of nitrogens with one attached hydrogen (secondary N) is 2. The van der Waals surface area contributed by atoms with Gasteiger partial charge in [-0.15, -0.1) is 0 Å². The van der Waals surface area contributed by atoms with Crippen LogP contribution in [0.25, 0.3) is 10.9 Å². The lowest BCUT2D eigenvalue weighted by atomic mass is 9.96. The summed E-state index contributed by atoms with van der Waals surface area (Å²) in [6.45, 7) is 5.20. The SMILES string of the molecule is COc1ccc(CN(Cc2cc3c(C)cc(C)cc3[nH]c2=O)C(=S)NC2CCCCC2)cc1. The lowest BCUT2D eigenvalue weighted by Gasteiger charge is -2.31. The number of aromatic nitrogens is 1. The van der Waals surface area contributed by atoms with Crippen LogP contribution in [-0.2, 0) is 13.1 Å². The molecular formula is C27H33N3O2S. The van der Waals surface area contributed by atoms with E-state index < -0.39 is 0 Å². The number of benzene rings is 2. The van der Waals surface area contributed by atoms with E-state index in [1.807, 2.05) is 43.3 Å². The van der Waals surface area contributed by atoms with Gasteiger partial charge in [0.25, 0.3) is 5.56 Å². The molecule has 33 heavy (non-hydrogen) atoms. The Balaban J connectivity index is 1.62. The summed E-state index contributed by atoms with van der Waals surface area (Å²) >= 11 is 5.86. The highest BCUT2D eigenvalue weighted by Gasteiger charge is 2.19. The lowest BCUT2D eigenvalue weighted by Crippen LogP contribution is -2.45. The number of methoxy groups -OCH3 is 1. The number of H-pyrrole nitrogens is 1. The molecule has 0 saturated heterocycles. The molecule has 4 rings (SSSR count). The molecule has 5 nitrogen and oxygen atoms in total. The van der Waals surface area contributed by atoms with Crippen molar-refractivity contribution in [2.45, 2.75) is 65.1 Å². The Kier molecular flexibility index (Phi) is 7.33. The standard InChI is InChI=1S/C27H33N3O2S/c1-18-13-19(2)24-15-21(26(31)29-25(24)14-18)17-30(16-20-9-11-23(32-3)12-10-20)27(33)28-22-7-5-4-6-8-22/h9-15,22H,4-8,16-17H2,1-3H3,(H,28,33)(H,29,31). The van der Waals surface area contributed by atoms with Crippen molar-refractivity contribution in [2.24, 2.45) is 0 Å². The average molecular weight is 464 g/mol. The highest BCUT2D eigenvalue weighted by Crippen LogP contribution is 2.21. The molecule has 0 aliphatic heterocycles. The Morgan fingerprint density at radius 3 is 2.52 bits per heavy atom. The van der Waals surface area contributed by atoms with Crippen LogP contribution in [0, 0.1) is 13.8 Å². The van der Waals surface area contributed by atoms with Crippen LogP contribution >= 0.6 is 12.2 Å². The van der Waals surface area contributed by atoms with Crippen LogP contribution in [0.3, 0.4) is 0 Å². The number of thiocarbonyl (C=S) groups is 1. The number of aryl methyl sites for hydroxylation is 2. The molecular weight excluding hydrogens is 430 g/mol. The van der Waals surface area contributed by atoms with Crippen molar-refractivity contribution in [3.05, 3.63) is 75.1 Å². The molecule has 3 aromatic rings. The summed E-state index contributed by atoms with van der Waals surface area (Å²) in [5, 5.41) is 5.36. The molecule has 0 unspecified atom stereocenters. The normalized spacial score (nSPS) is 14.3. The second-order valence-electron chi connectivity index (χ2n) is 9.16. The van der Waals surface area contributed by atoms with Gasteiger partial charge in [0.2, 0.25) is 0 Å². The van der Waals surface area contributed by atoms with E-state index >= 15 is 0 Å². The van der Waals surface area contributed by atoms with Gasteiger partial charge >= 0.3 is 0 Å². The summed E-state index contributed by atoms with van der Waals surface area (Å²) in [6, 6.07) is 14.6. The van der Waals surface area contributed by atoms with Gasteiger partial charge in [0, 0.05) is 29.1 Å². The number of fused-ring (bicyclic) bond motifs is 1. The minimum absolute atomic E-state index is 0.0623. The quantitative estimate of drug-likeness (QED) is 0.482. The monoisotopic (exact) mass is 463 g/mol. The third-order valence-corrected chi connectivity index (χ3v) is 6.88. The predicted octanol–water partition coefficient (Wildman–Crippen LogP) is 5.36. The number of pyridine rings is 1. The Hall–Kier alpha value is -2.86. The minimum atomic E-state index is -0.0623. The third-order valence-electron chi connectivity index (χ3n) is 6.50. The average Bonchev–Trinajstić information content (AvgIpc) is 2.80. The van der Waals surface area contributed by atoms with Crippen LogP contribution in [0.1, 0.15) is 54.4 Å². The summed E-state index contributed by atoms with van der Waals surface area (Å²) < 4.78 is 5.30. The highest BCUT2D eigenvalue weighted by molar-refractivity contribution is 7.80. The number of nitrogens with zero attached hydrogens (tertiary/aromatic N) is 1. The summed E-state index contributed by atoms with van der Waals surface area (Å²) in [5.41, 5.74) is 4.96. The number of ether oxygens (including phenoxy) is 1. The molecule has 174 valence electrons. The van der Waals surface area contributed by atoms with Crippen LogP contribution in [0.2, 0.25) is 0 Å². The van der Waals surface area contributed by atoms with E-state index in [9.17, 15) is 4.79 Å². The van der Waals surface area contributed by atoms with Crippen LogP contribution in [0.4, 0.5) is 0 Å². The second kappa shape index (κ2) is 10.4. The van der Waals surface area contributed by atoms with Crippen molar-refractivity contribution in [3.63, 3.8) is 0 Å². The van der Waals surface area contributed by atoms with E-state index in [1.54, 1.807) is 7.11 Å². The molecule has 6 heteroatoms.